The van der Waals surface area contributed by atoms with Gasteiger partial charge in [-0.2, -0.15) is 0 Å². The van der Waals surface area contributed by atoms with E-state index in [9.17, 15) is 0 Å². The molecular weight excluding hydrogens is 194 g/mol. The van der Waals surface area contributed by atoms with E-state index in [2.05, 4.69) is 50.4 Å². The fourth-order valence-electron chi connectivity index (χ4n) is 2.60. The number of hydrogen-bond donors (Lipinski definition) is 1. The minimum Gasteiger partial charge on any atom is -0.382 e. The van der Waals surface area contributed by atoms with Crippen LogP contribution in [0.4, 0.5) is 5.69 Å². The van der Waals surface area contributed by atoms with E-state index in [1.54, 1.807) is 0 Å². The molecule has 2 rings (SSSR count). The quantitative estimate of drug-likeness (QED) is 0.781. The maximum absolute atomic E-state index is 3.69. The highest BCUT2D eigenvalue weighted by atomic mass is 14.9. The first-order chi connectivity index (χ1) is 7.65. The molecule has 0 aromatic heterocycles. The molecule has 3 atom stereocenters. The van der Waals surface area contributed by atoms with Gasteiger partial charge in [0.05, 0.1) is 0 Å². The smallest absolute Gasteiger partial charge is 0.0342 e. The molecule has 1 saturated carbocycles. The van der Waals surface area contributed by atoms with Crippen molar-refractivity contribution in [2.45, 2.75) is 46.1 Å². The second-order valence-corrected chi connectivity index (χ2v) is 5.51. The zero-order valence-electron chi connectivity index (χ0n) is 10.7. The molecule has 0 bridgehead atoms. The Labute approximate surface area is 99.3 Å². The largest absolute Gasteiger partial charge is 0.382 e. The van der Waals surface area contributed by atoms with Crippen LogP contribution in [0.5, 0.6) is 0 Å². The van der Waals surface area contributed by atoms with Crippen LogP contribution in [0.3, 0.4) is 0 Å². The Morgan fingerprint density at radius 2 is 1.75 bits per heavy atom. The standard InChI is InChI=1S/C15H23N/c1-11-5-8-14(9-6-11)16-15-10-12(2)4-7-13(15)3/h5-6,8-9,12-13,15-16H,4,7,10H2,1-3H3/t12-,13+,15?/m1/s1. The monoisotopic (exact) mass is 217 g/mol. The minimum atomic E-state index is 0.659. The molecule has 0 heterocycles. The predicted molar refractivity (Wildman–Crippen MR) is 70.8 cm³/mol. The summed E-state index contributed by atoms with van der Waals surface area (Å²) in [6.07, 6.45) is 4.08. The Kier molecular flexibility index (Phi) is 3.52. The van der Waals surface area contributed by atoms with Crippen LogP contribution in [0.1, 0.15) is 38.7 Å². The van der Waals surface area contributed by atoms with Crippen LogP contribution in [0.15, 0.2) is 24.3 Å². The van der Waals surface area contributed by atoms with E-state index >= 15 is 0 Å². The summed E-state index contributed by atoms with van der Waals surface area (Å²) in [6.45, 7) is 6.88. The third kappa shape index (κ3) is 2.78. The number of nitrogens with one attached hydrogen (secondary N) is 1. The zero-order valence-corrected chi connectivity index (χ0v) is 10.7. The van der Waals surface area contributed by atoms with E-state index in [1.165, 1.54) is 30.5 Å². The van der Waals surface area contributed by atoms with E-state index in [1.807, 2.05) is 0 Å². The van der Waals surface area contributed by atoms with Crippen LogP contribution in [-0.2, 0) is 0 Å². The van der Waals surface area contributed by atoms with Gasteiger partial charge in [0.2, 0.25) is 0 Å². The maximum atomic E-state index is 3.69. The lowest BCUT2D eigenvalue weighted by atomic mass is 9.80. The molecule has 1 aliphatic rings. The van der Waals surface area contributed by atoms with Crippen LogP contribution in [0.25, 0.3) is 0 Å². The summed E-state index contributed by atoms with van der Waals surface area (Å²) >= 11 is 0. The van der Waals surface area contributed by atoms with Gasteiger partial charge in [0.1, 0.15) is 0 Å². The Morgan fingerprint density at radius 3 is 2.44 bits per heavy atom. The van der Waals surface area contributed by atoms with Crippen molar-refractivity contribution in [3.63, 3.8) is 0 Å². The van der Waals surface area contributed by atoms with E-state index in [4.69, 9.17) is 0 Å². The molecule has 1 unspecified atom stereocenters. The molecule has 0 amide bonds. The van der Waals surface area contributed by atoms with Gasteiger partial charge >= 0.3 is 0 Å². The molecule has 1 aromatic carbocycles. The molecule has 1 aromatic rings. The van der Waals surface area contributed by atoms with Gasteiger partial charge in [-0.05, 0) is 43.7 Å². The van der Waals surface area contributed by atoms with Crippen molar-refractivity contribution in [3.05, 3.63) is 29.8 Å². The molecule has 0 saturated heterocycles. The van der Waals surface area contributed by atoms with E-state index < -0.39 is 0 Å². The number of hydrogen-bond acceptors (Lipinski definition) is 1. The first-order valence-electron chi connectivity index (χ1n) is 6.48. The molecule has 1 N–H and O–H groups in total. The summed E-state index contributed by atoms with van der Waals surface area (Å²) in [5.41, 5.74) is 2.60. The number of aryl methyl sites for hydroxylation is 1. The summed E-state index contributed by atoms with van der Waals surface area (Å²) in [7, 11) is 0. The summed E-state index contributed by atoms with van der Waals surface area (Å²) in [5.74, 6) is 1.68. The van der Waals surface area contributed by atoms with Crippen molar-refractivity contribution in [1.82, 2.24) is 0 Å². The van der Waals surface area contributed by atoms with Gasteiger partial charge in [-0.15, -0.1) is 0 Å². The van der Waals surface area contributed by atoms with Crippen LogP contribution in [-0.4, -0.2) is 6.04 Å². The van der Waals surface area contributed by atoms with Gasteiger partial charge in [-0.3, -0.25) is 0 Å². The lowest BCUT2D eigenvalue weighted by Crippen LogP contribution is -2.33. The number of anilines is 1. The maximum Gasteiger partial charge on any atom is 0.0342 e. The zero-order chi connectivity index (χ0) is 11.5. The molecule has 0 radical (unpaired) electrons. The lowest BCUT2D eigenvalue weighted by Gasteiger charge is -2.34. The van der Waals surface area contributed by atoms with Crippen molar-refractivity contribution in [3.8, 4) is 0 Å². The fraction of sp³-hybridized carbons (Fsp3) is 0.600. The Balaban J connectivity index is 2.00. The van der Waals surface area contributed by atoms with Crippen LogP contribution in [0.2, 0.25) is 0 Å². The van der Waals surface area contributed by atoms with Crippen molar-refractivity contribution < 1.29 is 0 Å². The van der Waals surface area contributed by atoms with E-state index in [0.717, 1.165) is 11.8 Å². The molecule has 0 aliphatic heterocycles. The van der Waals surface area contributed by atoms with Gasteiger partial charge in [0.25, 0.3) is 0 Å². The molecule has 0 spiro atoms. The van der Waals surface area contributed by atoms with Crippen molar-refractivity contribution in [2.75, 3.05) is 5.32 Å². The van der Waals surface area contributed by atoms with E-state index in [-0.39, 0.29) is 0 Å². The van der Waals surface area contributed by atoms with Crippen molar-refractivity contribution in [1.29, 1.82) is 0 Å². The Morgan fingerprint density at radius 1 is 1.06 bits per heavy atom. The molecule has 16 heavy (non-hydrogen) atoms. The SMILES string of the molecule is Cc1ccc(NC2C[C@H](C)CC[C@@H]2C)cc1. The molecule has 1 fully saturated rings. The molecule has 1 aliphatic carbocycles. The van der Waals surface area contributed by atoms with Crippen LogP contribution < -0.4 is 5.32 Å². The highest BCUT2D eigenvalue weighted by molar-refractivity contribution is 5.45. The second-order valence-electron chi connectivity index (χ2n) is 5.51. The van der Waals surface area contributed by atoms with Gasteiger partial charge in [-0.25, -0.2) is 0 Å². The highest BCUT2D eigenvalue weighted by Gasteiger charge is 2.24. The molecule has 1 nitrogen and oxygen atoms in total. The molecular formula is C15H23N. The van der Waals surface area contributed by atoms with Crippen LogP contribution in [0, 0.1) is 18.8 Å². The Bertz CT molecular complexity index is 328. The number of benzene rings is 1. The van der Waals surface area contributed by atoms with Gasteiger partial charge < -0.3 is 5.32 Å². The lowest BCUT2D eigenvalue weighted by molar-refractivity contribution is 0.281. The summed E-state index contributed by atoms with van der Waals surface area (Å²) in [6, 6.07) is 9.41. The number of rotatable bonds is 2. The van der Waals surface area contributed by atoms with Crippen molar-refractivity contribution >= 4 is 5.69 Å². The first-order valence-corrected chi connectivity index (χ1v) is 6.48. The average molecular weight is 217 g/mol. The fourth-order valence-corrected chi connectivity index (χ4v) is 2.60. The highest BCUT2D eigenvalue weighted by Crippen LogP contribution is 2.30. The topological polar surface area (TPSA) is 12.0 Å². The predicted octanol–water partition coefficient (Wildman–Crippen LogP) is 4.23. The third-order valence-electron chi connectivity index (χ3n) is 3.86. The third-order valence-corrected chi connectivity index (χ3v) is 3.86. The second kappa shape index (κ2) is 4.90. The van der Waals surface area contributed by atoms with Crippen LogP contribution >= 0.6 is 0 Å². The average Bonchev–Trinajstić information content (AvgIpc) is 2.27. The summed E-state index contributed by atoms with van der Waals surface area (Å²) in [4.78, 5) is 0. The van der Waals surface area contributed by atoms with Crippen molar-refractivity contribution in [2.24, 2.45) is 11.8 Å². The van der Waals surface area contributed by atoms with Gasteiger partial charge in [0.15, 0.2) is 0 Å². The van der Waals surface area contributed by atoms with E-state index in [0.29, 0.717) is 6.04 Å². The Hall–Kier alpha value is -0.980. The summed E-state index contributed by atoms with van der Waals surface area (Å²) in [5, 5.41) is 3.69. The first kappa shape index (κ1) is 11.5. The van der Waals surface area contributed by atoms with Gasteiger partial charge in [-0.1, -0.05) is 38.0 Å². The molecule has 1 heteroatoms. The minimum absolute atomic E-state index is 0.659. The molecule has 88 valence electrons. The van der Waals surface area contributed by atoms with Gasteiger partial charge in [0, 0.05) is 11.7 Å². The summed E-state index contributed by atoms with van der Waals surface area (Å²) < 4.78 is 0. The normalized spacial score (nSPS) is 30.1.